The van der Waals surface area contributed by atoms with Crippen molar-refractivity contribution in [2.75, 3.05) is 39.3 Å². The summed E-state index contributed by atoms with van der Waals surface area (Å²) < 4.78 is 0. The van der Waals surface area contributed by atoms with Gasteiger partial charge in [-0.2, -0.15) is 0 Å². The van der Waals surface area contributed by atoms with Crippen molar-refractivity contribution in [2.45, 2.75) is 39.0 Å². The molecule has 2 fully saturated rings. The van der Waals surface area contributed by atoms with Crippen LogP contribution < -0.4 is 5.73 Å². The number of hydrogen-bond donors (Lipinski definition) is 1. The van der Waals surface area contributed by atoms with Crippen molar-refractivity contribution >= 4 is 5.91 Å². The minimum Gasteiger partial charge on any atom is -0.342 e. The third-order valence-corrected chi connectivity index (χ3v) is 4.63. The number of piperidine rings is 2. The average Bonchev–Trinajstić information content (AvgIpc) is 2.45. The van der Waals surface area contributed by atoms with E-state index in [4.69, 9.17) is 5.73 Å². The minimum absolute atomic E-state index is 0.236. The van der Waals surface area contributed by atoms with E-state index in [9.17, 15) is 4.79 Å². The van der Waals surface area contributed by atoms with Crippen LogP contribution in [0.1, 0.15) is 39.0 Å². The number of rotatable bonds is 4. The maximum atomic E-state index is 12.6. The van der Waals surface area contributed by atoms with Crippen LogP contribution in [0.25, 0.3) is 0 Å². The van der Waals surface area contributed by atoms with Crippen molar-refractivity contribution in [3.05, 3.63) is 0 Å². The predicted molar refractivity (Wildman–Crippen MR) is 77.8 cm³/mol. The Balaban J connectivity index is 1.81. The highest BCUT2D eigenvalue weighted by molar-refractivity contribution is 5.79. The van der Waals surface area contributed by atoms with Crippen molar-refractivity contribution in [3.8, 4) is 0 Å². The summed E-state index contributed by atoms with van der Waals surface area (Å²) in [5.74, 6) is 1.43. The van der Waals surface area contributed by atoms with Gasteiger partial charge < -0.3 is 15.5 Å². The minimum atomic E-state index is 0.236. The molecule has 4 nitrogen and oxygen atoms in total. The van der Waals surface area contributed by atoms with Crippen LogP contribution in [0.4, 0.5) is 0 Å². The fourth-order valence-corrected chi connectivity index (χ4v) is 3.26. The first kappa shape index (κ1) is 14.8. The van der Waals surface area contributed by atoms with Gasteiger partial charge in [-0.15, -0.1) is 0 Å². The second-order valence-electron chi connectivity index (χ2n) is 6.29. The molecule has 2 rings (SSSR count). The van der Waals surface area contributed by atoms with E-state index in [0.717, 1.165) is 64.4 Å². The molecule has 0 bridgehead atoms. The van der Waals surface area contributed by atoms with E-state index in [2.05, 4.69) is 16.7 Å². The molecule has 2 aliphatic heterocycles. The van der Waals surface area contributed by atoms with Gasteiger partial charge in [-0.1, -0.05) is 6.92 Å². The van der Waals surface area contributed by atoms with Gasteiger partial charge in [-0.3, -0.25) is 4.79 Å². The molecule has 0 saturated carbocycles. The van der Waals surface area contributed by atoms with Crippen LogP contribution in [-0.2, 0) is 4.79 Å². The largest absolute Gasteiger partial charge is 0.342 e. The standard InChI is InChI=1S/C15H29N3O/c1-13-5-10-18(11-6-13)15(19)14-4-2-8-17(12-14)9-3-7-16/h13-14H,2-12,16H2,1H3. The maximum Gasteiger partial charge on any atom is 0.226 e. The summed E-state index contributed by atoms with van der Waals surface area (Å²) in [4.78, 5) is 17.1. The Morgan fingerprint density at radius 3 is 2.63 bits per heavy atom. The summed E-state index contributed by atoms with van der Waals surface area (Å²) >= 11 is 0. The predicted octanol–water partition coefficient (Wildman–Crippen LogP) is 1.31. The van der Waals surface area contributed by atoms with Crippen LogP contribution >= 0.6 is 0 Å². The van der Waals surface area contributed by atoms with Crippen LogP contribution in [0.15, 0.2) is 0 Å². The first-order chi connectivity index (χ1) is 9.20. The number of nitrogens with zero attached hydrogens (tertiary/aromatic N) is 2. The van der Waals surface area contributed by atoms with E-state index in [1.54, 1.807) is 0 Å². The SMILES string of the molecule is CC1CCN(C(=O)C2CCCN(CCCN)C2)CC1. The number of carbonyl (C=O) groups is 1. The molecule has 0 aromatic rings. The summed E-state index contributed by atoms with van der Waals surface area (Å²) in [6.45, 7) is 8.12. The van der Waals surface area contributed by atoms with Crippen molar-refractivity contribution in [1.82, 2.24) is 9.80 Å². The summed E-state index contributed by atoms with van der Waals surface area (Å²) in [7, 11) is 0. The Labute approximate surface area is 117 Å². The monoisotopic (exact) mass is 267 g/mol. The molecule has 4 heteroatoms. The lowest BCUT2D eigenvalue weighted by Gasteiger charge is -2.37. The zero-order chi connectivity index (χ0) is 13.7. The van der Waals surface area contributed by atoms with Gasteiger partial charge in [-0.25, -0.2) is 0 Å². The van der Waals surface area contributed by atoms with Crippen LogP contribution in [-0.4, -0.2) is 55.0 Å². The molecular weight excluding hydrogens is 238 g/mol. The first-order valence-electron chi connectivity index (χ1n) is 7.92. The van der Waals surface area contributed by atoms with Crippen molar-refractivity contribution in [3.63, 3.8) is 0 Å². The normalized spacial score (nSPS) is 26.6. The number of carbonyl (C=O) groups excluding carboxylic acids is 1. The zero-order valence-corrected chi connectivity index (χ0v) is 12.3. The summed E-state index contributed by atoms with van der Waals surface area (Å²) in [6.07, 6.45) is 5.63. The Bertz CT molecular complexity index is 287. The van der Waals surface area contributed by atoms with Gasteiger partial charge >= 0.3 is 0 Å². The smallest absolute Gasteiger partial charge is 0.226 e. The molecule has 0 aliphatic carbocycles. The van der Waals surface area contributed by atoms with Crippen LogP contribution in [0, 0.1) is 11.8 Å². The molecule has 110 valence electrons. The molecular formula is C15H29N3O. The topological polar surface area (TPSA) is 49.6 Å². The average molecular weight is 267 g/mol. The van der Waals surface area contributed by atoms with Crippen LogP contribution in [0.3, 0.4) is 0 Å². The first-order valence-corrected chi connectivity index (χ1v) is 7.92. The summed E-state index contributed by atoms with van der Waals surface area (Å²) in [6, 6.07) is 0. The number of hydrogen-bond acceptors (Lipinski definition) is 3. The molecule has 2 N–H and O–H groups in total. The molecule has 1 amide bonds. The van der Waals surface area contributed by atoms with Gasteiger partial charge in [0.25, 0.3) is 0 Å². The van der Waals surface area contributed by atoms with E-state index in [1.807, 2.05) is 0 Å². The maximum absolute atomic E-state index is 12.6. The molecule has 0 spiro atoms. The van der Waals surface area contributed by atoms with Gasteiger partial charge in [0, 0.05) is 19.6 Å². The van der Waals surface area contributed by atoms with Crippen molar-refractivity contribution < 1.29 is 4.79 Å². The van der Waals surface area contributed by atoms with Gasteiger partial charge in [0.15, 0.2) is 0 Å². The Kier molecular flexibility index (Phi) is 5.64. The highest BCUT2D eigenvalue weighted by atomic mass is 16.2. The second kappa shape index (κ2) is 7.25. The Hall–Kier alpha value is -0.610. The van der Waals surface area contributed by atoms with Crippen LogP contribution in [0.2, 0.25) is 0 Å². The molecule has 1 atom stereocenters. The zero-order valence-electron chi connectivity index (χ0n) is 12.3. The van der Waals surface area contributed by atoms with E-state index in [-0.39, 0.29) is 5.92 Å². The Morgan fingerprint density at radius 2 is 1.95 bits per heavy atom. The lowest BCUT2D eigenvalue weighted by molar-refractivity contribution is -0.138. The van der Waals surface area contributed by atoms with Gasteiger partial charge in [-0.05, 0) is 57.7 Å². The molecule has 0 aromatic heterocycles. The van der Waals surface area contributed by atoms with Gasteiger partial charge in [0.1, 0.15) is 0 Å². The highest BCUT2D eigenvalue weighted by Crippen LogP contribution is 2.22. The number of nitrogens with two attached hydrogens (primary N) is 1. The van der Waals surface area contributed by atoms with E-state index >= 15 is 0 Å². The third kappa shape index (κ3) is 4.18. The second-order valence-corrected chi connectivity index (χ2v) is 6.29. The molecule has 19 heavy (non-hydrogen) atoms. The van der Waals surface area contributed by atoms with Crippen molar-refractivity contribution in [2.24, 2.45) is 17.6 Å². The lowest BCUT2D eigenvalue weighted by Crippen LogP contribution is -2.47. The van der Waals surface area contributed by atoms with Crippen LogP contribution in [0.5, 0.6) is 0 Å². The lowest BCUT2D eigenvalue weighted by atomic mass is 9.93. The van der Waals surface area contributed by atoms with E-state index in [1.165, 1.54) is 12.8 Å². The third-order valence-electron chi connectivity index (χ3n) is 4.63. The quantitative estimate of drug-likeness (QED) is 0.835. The molecule has 2 saturated heterocycles. The number of likely N-dealkylation sites (tertiary alicyclic amines) is 2. The fourth-order valence-electron chi connectivity index (χ4n) is 3.26. The fraction of sp³-hybridized carbons (Fsp3) is 0.933. The summed E-state index contributed by atoms with van der Waals surface area (Å²) in [5, 5.41) is 0. The molecule has 0 radical (unpaired) electrons. The van der Waals surface area contributed by atoms with Gasteiger partial charge in [0.2, 0.25) is 5.91 Å². The Morgan fingerprint density at radius 1 is 1.21 bits per heavy atom. The van der Waals surface area contributed by atoms with E-state index in [0.29, 0.717) is 5.91 Å². The van der Waals surface area contributed by atoms with E-state index < -0.39 is 0 Å². The van der Waals surface area contributed by atoms with Gasteiger partial charge in [0.05, 0.1) is 5.92 Å². The summed E-state index contributed by atoms with van der Waals surface area (Å²) in [5.41, 5.74) is 5.57. The molecule has 0 aromatic carbocycles. The van der Waals surface area contributed by atoms with Crippen molar-refractivity contribution in [1.29, 1.82) is 0 Å². The molecule has 1 unspecified atom stereocenters. The number of amides is 1. The molecule has 2 heterocycles. The highest BCUT2D eigenvalue weighted by Gasteiger charge is 2.30. The molecule has 2 aliphatic rings.